The normalized spacial score (nSPS) is 16.9. The number of benzene rings is 1. The number of hydrogen-bond donors (Lipinski definition) is 0. The minimum absolute atomic E-state index is 0.208. The number of rotatable bonds is 8. The summed E-state index contributed by atoms with van der Waals surface area (Å²) in [7, 11) is 1.71. The van der Waals surface area contributed by atoms with Gasteiger partial charge >= 0.3 is 0 Å². The molecule has 0 bridgehead atoms. The van der Waals surface area contributed by atoms with Crippen LogP contribution in [0, 0.1) is 13.8 Å². The molecule has 0 spiro atoms. The Morgan fingerprint density at radius 3 is 2.34 bits per heavy atom. The van der Waals surface area contributed by atoms with Gasteiger partial charge in [-0.2, -0.15) is 0 Å². The second-order valence-corrected chi connectivity index (χ2v) is 8.50. The fraction of sp³-hybridized carbons (Fsp3) is 0.522. The van der Waals surface area contributed by atoms with E-state index in [2.05, 4.69) is 40.3 Å². The standard InChI is InChI=1S/C23H32ClN3O2/c1-17-13-22(19(3)27(17)18(2)16-29-4)23(28)15-26-11-9-25(10-12-26)14-20-5-7-21(24)8-6-20/h5-8,13,18H,9-12,14-16H2,1-4H3/t18-/m0/s1. The molecule has 5 nitrogen and oxygen atoms in total. The number of carbonyl (C=O) groups is 1. The van der Waals surface area contributed by atoms with Crippen LogP contribution in [0.4, 0.5) is 0 Å². The summed E-state index contributed by atoms with van der Waals surface area (Å²) in [5.74, 6) is 0.208. The number of methoxy groups -OCH3 is 1. The van der Waals surface area contributed by atoms with Gasteiger partial charge in [-0.1, -0.05) is 23.7 Å². The molecule has 1 fully saturated rings. The molecule has 158 valence electrons. The van der Waals surface area contributed by atoms with E-state index in [1.165, 1.54) is 5.56 Å². The molecule has 0 amide bonds. The first-order valence-electron chi connectivity index (χ1n) is 10.3. The number of aromatic nitrogens is 1. The molecule has 6 heteroatoms. The maximum Gasteiger partial charge on any atom is 0.178 e. The molecule has 1 aromatic heterocycles. The van der Waals surface area contributed by atoms with Crippen LogP contribution < -0.4 is 0 Å². The average Bonchev–Trinajstić information content (AvgIpc) is 2.99. The Kier molecular flexibility index (Phi) is 7.52. The molecule has 0 unspecified atom stereocenters. The lowest BCUT2D eigenvalue weighted by atomic mass is 10.1. The predicted octanol–water partition coefficient (Wildman–Crippen LogP) is 3.97. The van der Waals surface area contributed by atoms with Crippen molar-refractivity contribution in [2.75, 3.05) is 46.4 Å². The zero-order chi connectivity index (χ0) is 21.0. The number of nitrogens with zero attached hydrogens (tertiary/aromatic N) is 3. The zero-order valence-corrected chi connectivity index (χ0v) is 18.7. The highest BCUT2D eigenvalue weighted by molar-refractivity contribution is 6.30. The van der Waals surface area contributed by atoms with Gasteiger partial charge in [-0.3, -0.25) is 14.6 Å². The van der Waals surface area contributed by atoms with Crippen LogP contribution in [0.2, 0.25) is 5.02 Å². The molecular formula is C23H32ClN3O2. The molecule has 1 saturated heterocycles. The smallest absolute Gasteiger partial charge is 0.178 e. The molecule has 1 aliphatic heterocycles. The first kappa shape index (κ1) is 22.0. The van der Waals surface area contributed by atoms with Gasteiger partial charge in [0.05, 0.1) is 19.2 Å². The highest BCUT2D eigenvalue weighted by atomic mass is 35.5. The van der Waals surface area contributed by atoms with E-state index in [-0.39, 0.29) is 11.8 Å². The third-order valence-corrected chi connectivity index (χ3v) is 6.04. The number of ether oxygens (including phenoxy) is 1. The number of ketones is 1. The van der Waals surface area contributed by atoms with E-state index in [0.29, 0.717) is 13.2 Å². The molecule has 1 atom stereocenters. The van der Waals surface area contributed by atoms with Gasteiger partial charge in [0.25, 0.3) is 0 Å². The van der Waals surface area contributed by atoms with Crippen LogP contribution in [-0.4, -0.2) is 66.6 Å². The monoisotopic (exact) mass is 417 g/mol. The van der Waals surface area contributed by atoms with Crippen LogP contribution in [0.1, 0.15) is 40.3 Å². The first-order valence-corrected chi connectivity index (χ1v) is 10.7. The van der Waals surface area contributed by atoms with Gasteiger partial charge in [0.1, 0.15) is 0 Å². The highest BCUT2D eigenvalue weighted by Crippen LogP contribution is 2.22. The van der Waals surface area contributed by atoms with Gasteiger partial charge in [-0.05, 0) is 44.5 Å². The van der Waals surface area contributed by atoms with Crippen molar-refractivity contribution in [2.45, 2.75) is 33.4 Å². The van der Waals surface area contributed by atoms with E-state index in [9.17, 15) is 4.79 Å². The van der Waals surface area contributed by atoms with Gasteiger partial charge in [-0.25, -0.2) is 0 Å². The van der Waals surface area contributed by atoms with Gasteiger partial charge in [0.2, 0.25) is 0 Å². The number of piperazine rings is 1. The Bertz CT molecular complexity index is 823. The lowest BCUT2D eigenvalue weighted by molar-refractivity contribution is 0.0843. The van der Waals surface area contributed by atoms with Crippen molar-refractivity contribution in [3.8, 4) is 0 Å². The molecule has 1 aromatic carbocycles. The third-order valence-electron chi connectivity index (χ3n) is 5.78. The summed E-state index contributed by atoms with van der Waals surface area (Å²) in [6.45, 7) is 12.0. The van der Waals surface area contributed by atoms with Crippen molar-refractivity contribution in [1.29, 1.82) is 0 Å². The second-order valence-electron chi connectivity index (χ2n) is 8.06. The average molecular weight is 418 g/mol. The minimum Gasteiger partial charge on any atom is -0.383 e. The molecule has 2 aromatic rings. The maximum atomic E-state index is 13.0. The highest BCUT2D eigenvalue weighted by Gasteiger charge is 2.23. The molecule has 2 heterocycles. The Morgan fingerprint density at radius 1 is 1.10 bits per heavy atom. The van der Waals surface area contributed by atoms with Crippen molar-refractivity contribution >= 4 is 17.4 Å². The van der Waals surface area contributed by atoms with Crippen molar-refractivity contribution in [3.63, 3.8) is 0 Å². The van der Waals surface area contributed by atoms with Crippen LogP contribution in [0.3, 0.4) is 0 Å². The first-order chi connectivity index (χ1) is 13.9. The molecular weight excluding hydrogens is 386 g/mol. The number of Topliss-reactive ketones (excluding diaryl/α,β-unsaturated/α-hetero) is 1. The van der Waals surface area contributed by atoms with Gasteiger partial charge in [0, 0.05) is 61.8 Å². The van der Waals surface area contributed by atoms with E-state index in [1.807, 2.05) is 25.1 Å². The van der Waals surface area contributed by atoms with Crippen molar-refractivity contribution in [1.82, 2.24) is 14.4 Å². The van der Waals surface area contributed by atoms with Crippen molar-refractivity contribution in [3.05, 3.63) is 57.9 Å². The predicted molar refractivity (Wildman–Crippen MR) is 118 cm³/mol. The topological polar surface area (TPSA) is 37.7 Å². The third kappa shape index (κ3) is 5.48. The van der Waals surface area contributed by atoms with Gasteiger partial charge in [-0.15, -0.1) is 0 Å². The Labute approximate surface area is 179 Å². The van der Waals surface area contributed by atoms with E-state index in [0.717, 1.165) is 54.7 Å². The van der Waals surface area contributed by atoms with Gasteiger partial charge < -0.3 is 9.30 Å². The summed E-state index contributed by atoms with van der Waals surface area (Å²) >= 11 is 5.97. The van der Waals surface area contributed by atoms with E-state index in [4.69, 9.17) is 16.3 Å². The van der Waals surface area contributed by atoms with Crippen LogP contribution >= 0.6 is 11.6 Å². The summed E-state index contributed by atoms with van der Waals surface area (Å²) in [5, 5.41) is 0.771. The van der Waals surface area contributed by atoms with E-state index >= 15 is 0 Å². The second kappa shape index (κ2) is 9.90. The lowest BCUT2D eigenvalue weighted by Crippen LogP contribution is -2.47. The maximum absolute atomic E-state index is 13.0. The number of aryl methyl sites for hydroxylation is 1. The molecule has 0 saturated carbocycles. The number of carbonyl (C=O) groups excluding carboxylic acids is 1. The largest absolute Gasteiger partial charge is 0.383 e. The summed E-state index contributed by atoms with van der Waals surface area (Å²) in [5.41, 5.74) is 4.27. The van der Waals surface area contributed by atoms with Gasteiger partial charge in [0.15, 0.2) is 5.78 Å². The molecule has 0 aliphatic carbocycles. The Hall–Kier alpha value is -1.66. The molecule has 3 rings (SSSR count). The summed E-state index contributed by atoms with van der Waals surface area (Å²) in [6.07, 6.45) is 0. The summed E-state index contributed by atoms with van der Waals surface area (Å²) in [4.78, 5) is 17.7. The van der Waals surface area contributed by atoms with E-state index < -0.39 is 0 Å². The lowest BCUT2D eigenvalue weighted by Gasteiger charge is -2.34. The summed E-state index contributed by atoms with van der Waals surface area (Å²) < 4.78 is 7.50. The van der Waals surface area contributed by atoms with Crippen molar-refractivity contribution in [2.24, 2.45) is 0 Å². The summed E-state index contributed by atoms with van der Waals surface area (Å²) in [6, 6.07) is 10.3. The number of halogens is 1. The van der Waals surface area contributed by atoms with Crippen molar-refractivity contribution < 1.29 is 9.53 Å². The molecule has 29 heavy (non-hydrogen) atoms. The van der Waals surface area contributed by atoms with Crippen LogP contribution in [0.5, 0.6) is 0 Å². The van der Waals surface area contributed by atoms with Crippen LogP contribution in [-0.2, 0) is 11.3 Å². The number of hydrogen-bond acceptors (Lipinski definition) is 4. The molecule has 0 N–H and O–H groups in total. The Morgan fingerprint density at radius 2 is 1.72 bits per heavy atom. The minimum atomic E-state index is 0.208. The SMILES string of the molecule is COC[C@H](C)n1c(C)cc(C(=O)CN2CCN(Cc3ccc(Cl)cc3)CC2)c1C. The van der Waals surface area contributed by atoms with E-state index in [1.54, 1.807) is 7.11 Å². The Balaban J connectivity index is 1.54. The molecule has 1 aliphatic rings. The van der Waals surface area contributed by atoms with Crippen LogP contribution in [0.25, 0.3) is 0 Å². The van der Waals surface area contributed by atoms with Crippen LogP contribution in [0.15, 0.2) is 30.3 Å². The quantitative estimate of drug-likeness (QED) is 0.609. The fourth-order valence-corrected chi connectivity index (χ4v) is 4.42. The molecule has 0 radical (unpaired) electrons. The fourth-order valence-electron chi connectivity index (χ4n) is 4.30. The zero-order valence-electron chi connectivity index (χ0n) is 17.9.